The second-order valence-corrected chi connectivity index (χ2v) is 6.94. The molecule has 2 nitrogen and oxygen atoms in total. The maximum Gasteiger partial charge on any atom is 0.0426 e. The van der Waals surface area contributed by atoms with Crippen molar-refractivity contribution in [2.24, 2.45) is 0 Å². The van der Waals surface area contributed by atoms with Crippen LogP contribution in [0.1, 0.15) is 38.8 Å². The largest absolute Gasteiger partial charge is 0.370 e. The van der Waals surface area contributed by atoms with Gasteiger partial charge >= 0.3 is 0 Å². The van der Waals surface area contributed by atoms with E-state index in [0.717, 1.165) is 16.8 Å². The number of hydrogen-bond acceptors (Lipinski definition) is 3. The summed E-state index contributed by atoms with van der Waals surface area (Å²) in [6.45, 7) is 7.64. The zero-order valence-electron chi connectivity index (χ0n) is 13.2. The fraction of sp³-hybridized carbons (Fsp3) is 0.625. The summed E-state index contributed by atoms with van der Waals surface area (Å²) in [5.74, 6) is 1.16. The van der Waals surface area contributed by atoms with E-state index in [0.29, 0.717) is 12.1 Å². The van der Waals surface area contributed by atoms with Gasteiger partial charge in [0.15, 0.2) is 0 Å². The van der Waals surface area contributed by atoms with Crippen LogP contribution in [-0.2, 0) is 0 Å². The third kappa shape index (κ3) is 4.68. The van der Waals surface area contributed by atoms with E-state index in [1.54, 1.807) is 0 Å². The highest BCUT2D eigenvalue weighted by Crippen LogP contribution is 2.31. The molecule has 4 heteroatoms. The lowest BCUT2D eigenvalue weighted by molar-refractivity contribution is 0.591. The Labute approximate surface area is 136 Å². The topological polar surface area (TPSA) is 15.3 Å². The molecule has 0 saturated heterocycles. The lowest BCUT2D eigenvalue weighted by Gasteiger charge is -2.32. The highest BCUT2D eigenvalue weighted by atomic mass is 79.9. The molecule has 114 valence electrons. The van der Waals surface area contributed by atoms with Gasteiger partial charge in [0.2, 0.25) is 0 Å². The van der Waals surface area contributed by atoms with Gasteiger partial charge in [-0.3, -0.25) is 0 Å². The van der Waals surface area contributed by atoms with E-state index in [-0.39, 0.29) is 0 Å². The van der Waals surface area contributed by atoms with Crippen molar-refractivity contribution in [3.05, 3.63) is 28.2 Å². The SMILES string of the molecule is CCNC(C)c1ccc(Br)cc1N(C)C(CC)CSC. The summed E-state index contributed by atoms with van der Waals surface area (Å²) in [6.07, 6.45) is 3.35. The van der Waals surface area contributed by atoms with E-state index < -0.39 is 0 Å². The van der Waals surface area contributed by atoms with Gasteiger partial charge in [-0.05, 0) is 43.8 Å². The maximum absolute atomic E-state index is 3.61. The Balaban J connectivity index is 3.10. The van der Waals surface area contributed by atoms with E-state index >= 15 is 0 Å². The van der Waals surface area contributed by atoms with Crippen molar-refractivity contribution in [3.8, 4) is 0 Å². The summed E-state index contributed by atoms with van der Waals surface area (Å²) in [4.78, 5) is 2.43. The van der Waals surface area contributed by atoms with Crippen molar-refractivity contribution < 1.29 is 0 Å². The molecule has 0 aliphatic rings. The summed E-state index contributed by atoms with van der Waals surface area (Å²) >= 11 is 5.53. The summed E-state index contributed by atoms with van der Waals surface area (Å²) in [6, 6.07) is 7.56. The van der Waals surface area contributed by atoms with E-state index in [2.05, 4.69) is 78.4 Å². The highest BCUT2D eigenvalue weighted by Gasteiger charge is 2.18. The van der Waals surface area contributed by atoms with Crippen LogP contribution >= 0.6 is 27.7 Å². The van der Waals surface area contributed by atoms with Gasteiger partial charge in [-0.2, -0.15) is 11.8 Å². The molecule has 0 bridgehead atoms. The van der Waals surface area contributed by atoms with Crippen LogP contribution in [0.5, 0.6) is 0 Å². The predicted octanol–water partition coefficient (Wildman–Crippen LogP) is 4.70. The minimum Gasteiger partial charge on any atom is -0.370 e. The van der Waals surface area contributed by atoms with Gasteiger partial charge in [-0.1, -0.05) is 35.8 Å². The van der Waals surface area contributed by atoms with Gasteiger partial charge in [0, 0.05) is 35.0 Å². The predicted molar refractivity (Wildman–Crippen MR) is 97.1 cm³/mol. The molecule has 0 aliphatic carbocycles. The minimum absolute atomic E-state index is 0.373. The lowest BCUT2D eigenvalue weighted by atomic mass is 10.0. The van der Waals surface area contributed by atoms with Crippen LogP contribution in [0.2, 0.25) is 0 Å². The summed E-state index contributed by atoms with van der Waals surface area (Å²) < 4.78 is 1.14. The molecule has 1 rings (SSSR count). The number of anilines is 1. The standard InChI is InChI=1S/C16H27BrN2S/c1-6-14(11-20-5)19(4)16-10-13(17)8-9-15(16)12(3)18-7-2/h8-10,12,14,18H,6-7,11H2,1-5H3. The Morgan fingerprint density at radius 3 is 2.60 bits per heavy atom. The average Bonchev–Trinajstić information content (AvgIpc) is 2.44. The molecule has 0 saturated carbocycles. The second kappa shape index (κ2) is 8.96. The van der Waals surface area contributed by atoms with Crippen molar-refractivity contribution in [1.29, 1.82) is 0 Å². The monoisotopic (exact) mass is 358 g/mol. The third-order valence-corrected chi connectivity index (χ3v) is 4.94. The Morgan fingerprint density at radius 2 is 2.05 bits per heavy atom. The molecule has 0 radical (unpaired) electrons. The number of benzene rings is 1. The Hall–Kier alpha value is -0.190. The van der Waals surface area contributed by atoms with Crippen LogP contribution in [-0.4, -0.2) is 31.6 Å². The molecular formula is C16H27BrN2S. The molecule has 2 atom stereocenters. The first-order valence-corrected chi connectivity index (χ1v) is 9.48. The van der Waals surface area contributed by atoms with Gasteiger partial charge < -0.3 is 10.2 Å². The molecule has 0 amide bonds. The van der Waals surface area contributed by atoms with Gasteiger partial charge in [-0.25, -0.2) is 0 Å². The van der Waals surface area contributed by atoms with Crippen LogP contribution in [0.25, 0.3) is 0 Å². The van der Waals surface area contributed by atoms with E-state index in [9.17, 15) is 0 Å². The van der Waals surface area contributed by atoms with Crippen molar-refractivity contribution >= 4 is 33.4 Å². The van der Waals surface area contributed by atoms with Crippen molar-refractivity contribution in [2.45, 2.75) is 39.3 Å². The lowest BCUT2D eigenvalue weighted by Crippen LogP contribution is -2.34. The molecule has 0 aromatic heterocycles. The number of hydrogen-bond donors (Lipinski definition) is 1. The van der Waals surface area contributed by atoms with Crippen LogP contribution in [0.4, 0.5) is 5.69 Å². The highest BCUT2D eigenvalue weighted by molar-refractivity contribution is 9.10. The number of nitrogens with zero attached hydrogens (tertiary/aromatic N) is 1. The van der Waals surface area contributed by atoms with Gasteiger partial charge in [0.05, 0.1) is 0 Å². The van der Waals surface area contributed by atoms with E-state index in [1.807, 2.05) is 11.8 Å². The molecule has 0 spiro atoms. The number of rotatable bonds is 8. The second-order valence-electron chi connectivity index (χ2n) is 5.11. The van der Waals surface area contributed by atoms with Gasteiger partial charge in [-0.15, -0.1) is 0 Å². The first kappa shape index (κ1) is 17.9. The van der Waals surface area contributed by atoms with Crippen LogP contribution < -0.4 is 10.2 Å². The van der Waals surface area contributed by atoms with Crippen LogP contribution in [0.15, 0.2) is 22.7 Å². The van der Waals surface area contributed by atoms with E-state index in [4.69, 9.17) is 0 Å². The molecule has 1 aromatic rings. The Morgan fingerprint density at radius 1 is 1.35 bits per heavy atom. The summed E-state index contributed by atoms with van der Waals surface area (Å²) in [7, 11) is 2.22. The molecule has 1 N–H and O–H groups in total. The number of halogens is 1. The fourth-order valence-electron chi connectivity index (χ4n) is 2.50. The molecule has 0 heterocycles. The van der Waals surface area contributed by atoms with E-state index in [1.165, 1.54) is 17.7 Å². The molecule has 20 heavy (non-hydrogen) atoms. The first-order chi connectivity index (χ1) is 9.54. The molecule has 0 aliphatic heterocycles. The van der Waals surface area contributed by atoms with Gasteiger partial charge in [0.1, 0.15) is 0 Å². The normalized spacial score (nSPS) is 14.1. The molecule has 1 aromatic carbocycles. The van der Waals surface area contributed by atoms with Crippen LogP contribution in [0.3, 0.4) is 0 Å². The van der Waals surface area contributed by atoms with Crippen molar-refractivity contribution in [1.82, 2.24) is 5.32 Å². The fourth-order valence-corrected chi connectivity index (χ4v) is 3.69. The Kier molecular flexibility index (Phi) is 8.00. The quantitative estimate of drug-likeness (QED) is 0.724. The van der Waals surface area contributed by atoms with Gasteiger partial charge in [0.25, 0.3) is 0 Å². The smallest absolute Gasteiger partial charge is 0.0426 e. The zero-order chi connectivity index (χ0) is 15.1. The third-order valence-electron chi connectivity index (χ3n) is 3.73. The molecule has 2 unspecified atom stereocenters. The molecule has 0 fully saturated rings. The summed E-state index contributed by atoms with van der Waals surface area (Å²) in [5.41, 5.74) is 2.70. The molecular weight excluding hydrogens is 332 g/mol. The number of nitrogens with one attached hydrogen (secondary N) is 1. The average molecular weight is 359 g/mol. The minimum atomic E-state index is 0.373. The summed E-state index contributed by atoms with van der Waals surface area (Å²) in [5, 5.41) is 3.52. The maximum atomic E-state index is 3.61. The zero-order valence-corrected chi connectivity index (χ0v) is 15.6. The number of thioether (sulfide) groups is 1. The van der Waals surface area contributed by atoms with Crippen LogP contribution in [0, 0.1) is 0 Å². The van der Waals surface area contributed by atoms with Crippen molar-refractivity contribution in [2.75, 3.05) is 30.5 Å². The Bertz CT molecular complexity index is 411. The first-order valence-electron chi connectivity index (χ1n) is 7.29. The van der Waals surface area contributed by atoms with Crippen molar-refractivity contribution in [3.63, 3.8) is 0 Å².